The van der Waals surface area contributed by atoms with Gasteiger partial charge in [-0.3, -0.25) is 4.79 Å². The molecule has 1 aromatic rings. The lowest BCUT2D eigenvalue weighted by atomic mass is 9.75. The summed E-state index contributed by atoms with van der Waals surface area (Å²) in [4.78, 5) is 12.0. The van der Waals surface area contributed by atoms with Gasteiger partial charge >= 0.3 is 0 Å². The van der Waals surface area contributed by atoms with Crippen molar-refractivity contribution < 1.29 is 4.79 Å². The number of nitrogens with two attached hydrogens (primary N) is 2. The highest BCUT2D eigenvalue weighted by Crippen LogP contribution is 2.38. The standard InChI is InChI=1S/C11H14N4O/c1-11(2)3-7-9(8(16)4-11)6(5-12)10(13)15(7)14/h3-4,13-14H2,1-2H3. The Morgan fingerprint density at radius 2 is 2.06 bits per heavy atom. The number of nitrogen functional groups attached to an aromatic ring is 2. The molecule has 1 aromatic heterocycles. The van der Waals surface area contributed by atoms with Gasteiger partial charge in [-0.2, -0.15) is 5.26 Å². The minimum Gasteiger partial charge on any atom is -0.383 e. The number of carbonyl (C=O) groups is 1. The Labute approximate surface area is 93.6 Å². The monoisotopic (exact) mass is 218 g/mol. The first-order valence-electron chi connectivity index (χ1n) is 5.09. The number of ketones is 1. The maximum absolute atomic E-state index is 12.0. The van der Waals surface area contributed by atoms with E-state index in [1.54, 1.807) is 0 Å². The lowest BCUT2D eigenvalue weighted by molar-refractivity contribution is 0.0910. The maximum atomic E-state index is 12.0. The van der Waals surface area contributed by atoms with Crippen molar-refractivity contribution in [2.24, 2.45) is 5.41 Å². The van der Waals surface area contributed by atoms with Crippen molar-refractivity contribution in [2.45, 2.75) is 26.7 Å². The van der Waals surface area contributed by atoms with E-state index in [0.29, 0.717) is 24.1 Å². The van der Waals surface area contributed by atoms with E-state index >= 15 is 0 Å². The van der Waals surface area contributed by atoms with Gasteiger partial charge in [0.2, 0.25) is 0 Å². The third-order valence-corrected chi connectivity index (χ3v) is 3.02. The fourth-order valence-electron chi connectivity index (χ4n) is 2.28. The zero-order chi connectivity index (χ0) is 12.1. The number of hydrogen-bond acceptors (Lipinski definition) is 4. The van der Waals surface area contributed by atoms with Crippen molar-refractivity contribution >= 4 is 11.6 Å². The first-order valence-corrected chi connectivity index (χ1v) is 5.09. The van der Waals surface area contributed by atoms with Crippen LogP contribution in [0.15, 0.2) is 0 Å². The minimum atomic E-state index is -0.126. The van der Waals surface area contributed by atoms with E-state index in [1.807, 2.05) is 19.9 Å². The summed E-state index contributed by atoms with van der Waals surface area (Å²) in [5.74, 6) is 5.91. The van der Waals surface area contributed by atoms with Gasteiger partial charge in [0.25, 0.3) is 0 Å². The molecule has 0 unspecified atom stereocenters. The molecular weight excluding hydrogens is 204 g/mol. The quantitative estimate of drug-likeness (QED) is 0.629. The fraction of sp³-hybridized carbons (Fsp3) is 0.455. The molecule has 0 bridgehead atoms. The van der Waals surface area contributed by atoms with Crippen LogP contribution >= 0.6 is 0 Å². The molecule has 0 fully saturated rings. The number of rotatable bonds is 0. The summed E-state index contributed by atoms with van der Waals surface area (Å²) in [6.07, 6.45) is 1.09. The minimum absolute atomic E-state index is 0.0429. The molecule has 0 atom stereocenters. The predicted molar refractivity (Wildman–Crippen MR) is 60.1 cm³/mol. The van der Waals surface area contributed by atoms with Crippen molar-refractivity contribution in [1.29, 1.82) is 5.26 Å². The summed E-state index contributed by atoms with van der Waals surface area (Å²) in [6.45, 7) is 4.01. The van der Waals surface area contributed by atoms with Crippen LogP contribution in [-0.4, -0.2) is 10.5 Å². The number of aromatic nitrogens is 1. The average molecular weight is 218 g/mol. The van der Waals surface area contributed by atoms with Crippen molar-refractivity contribution in [2.75, 3.05) is 11.6 Å². The lowest BCUT2D eigenvalue weighted by Gasteiger charge is -2.28. The number of hydrogen-bond donors (Lipinski definition) is 2. The molecule has 84 valence electrons. The molecule has 0 radical (unpaired) electrons. The summed E-state index contributed by atoms with van der Waals surface area (Å²) >= 11 is 0. The number of fused-ring (bicyclic) bond motifs is 1. The van der Waals surface area contributed by atoms with E-state index in [0.717, 1.165) is 0 Å². The molecule has 0 aliphatic heterocycles. The van der Waals surface area contributed by atoms with E-state index in [4.69, 9.17) is 16.8 Å². The number of carbonyl (C=O) groups excluding carboxylic acids is 1. The number of nitriles is 1. The summed E-state index contributed by atoms with van der Waals surface area (Å²) in [7, 11) is 0. The summed E-state index contributed by atoms with van der Waals surface area (Å²) in [5.41, 5.74) is 6.90. The van der Waals surface area contributed by atoms with Gasteiger partial charge in [-0.1, -0.05) is 13.8 Å². The Kier molecular flexibility index (Phi) is 1.99. The number of Topliss-reactive ketones (excluding diaryl/α,β-unsaturated/α-hetero) is 1. The van der Waals surface area contributed by atoms with Crippen LogP contribution in [0.5, 0.6) is 0 Å². The van der Waals surface area contributed by atoms with E-state index in [2.05, 4.69) is 0 Å². The van der Waals surface area contributed by atoms with Crippen LogP contribution in [0.1, 0.15) is 41.9 Å². The van der Waals surface area contributed by atoms with Gasteiger partial charge in [-0.25, -0.2) is 4.68 Å². The van der Waals surface area contributed by atoms with Gasteiger partial charge < -0.3 is 11.6 Å². The molecule has 0 amide bonds. The Morgan fingerprint density at radius 1 is 1.44 bits per heavy atom. The Morgan fingerprint density at radius 3 is 2.62 bits per heavy atom. The van der Waals surface area contributed by atoms with Crippen LogP contribution < -0.4 is 11.6 Å². The largest absolute Gasteiger partial charge is 0.383 e. The van der Waals surface area contributed by atoms with Crippen LogP contribution in [0.25, 0.3) is 0 Å². The zero-order valence-electron chi connectivity index (χ0n) is 9.37. The van der Waals surface area contributed by atoms with Crippen molar-refractivity contribution in [1.82, 2.24) is 4.68 Å². The van der Waals surface area contributed by atoms with Gasteiger partial charge in [-0.05, 0) is 11.8 Å². The lowest BCUT2D eigenvalue weighted by Crippen LogP contribution is -2.29. The first kappa shape index (κ1) is 10.6. The SMILES string of the molecule is CC1(C)CC(=O)c2c(C#N)c(N)n(N)c2C1. The molecule has 2 rings (SSSR count). The van der Waals surface area contributed by atoms with E-state index in [-0.39, 0.29) is 22.6 Å². The third-order valence-electron chi connectivity index (χ3n) is 3.02. The molecular formula is C11H14N4O. The second-order valence-electron chi connectivity index (χ2n) is 5.00. The van der Waals surface area contributed by atoms with Gasteiger partial charge in [0.1, 0.15) is 17.5 Å². The van der Waals surface area contributed by atoms with E-state index in [9.17, 15) is 4.79 Å². The first-order chi connectivity index (χ1) is 7.37. The number of anilines is 1. The van der Waals surface area contributed by atoms with Crippen LogP contribution in [-0.2, 0) is 6.42 Å². The maximum Gasteiger partial charge on any atom is 0.166 e. The van der Waals surface area contributed by atoms with E-state index < -0.39 is 0 Å². The Hall–Kier alpha value is -1.96. The molecule has 0 saturated carbocycles. The highest BCUT2D eigenvalue weighted by atomic mass is 16.1. The predicted octanol–water partition coefficient (Wildman–Crippen LogP) is 0.811. The molecule has 5 nitrogen and oxygen atoms in total. The second kappa shape index (κ2) is 3.01. The van der Waals surface area contributed by atoms with Crippen LogP contribution in [0, 0.1) is 16.7 Å². The van der Waals surface area contributed by atoms with Crippen molar-refractivity contribution in [3.63, 3.8) is 0 Å². The second-order valence-corrected chi connectivity index (χ2v) is 5.00. The molecule has 5 heteroatoms. The molecule has 1 heterocycles. The van der Waals surface area contributed by atoms with Gasteiger partial charge in [-0.15, -0.1) is 0 Å². The molecule has 0 aromatic carbocycles. The fourth-order valence-corrected chi connectivity index (χ4v) is 2.28. The molecule has 1 aliphatic rings. The van der Waals surface area contributed by atoms with Crippen molar-refractivity contribution in [3.8, 4) is 6.07 Å². The van der Waals surface area contributed by atoms with Crippen LogP contribution in [0.3, 0.4) is 0 Å². The molecule has 0 spiro atoms. The highest BCUT2D eigenvalue weighted by Gasteiger charge is 2.36. The Balaban J connectivity index is 2.71. The van der Waals surface area contributed by atoms with Gasteiger partial charge in [0.05, 0.1) is 11.3 Å². The molecule has 0 saturated heterocycles. The summed E-state index contributed by atoms with van der Waals surface area (Å²) in [5, 5.41) is 8.98. The summed E-state index contributed by atoms with van der Waals surface area (Å²) < 4.78 is 1.27. The normalized spacial score (nSPS) is 17.9. The van der Waals surface area contributed by atoms with Crippen LogP contribution in [0.4, 0.5) is 5.82 Å². The number of nitrogens with zero attached hydrogens (tertiary/aromatic N) is 2. The molecule has 16 heavy (non-hydrogen) atoms. The third kappa shape index (κ3) is 1.27. The zero-order valence-corrected chi connectivity index (χ0v) is 9.37. The molecule has 4 N–H and O–H groups in total. The van der Waals surface area contributed by atoms with Gasteiger partial charge in [0, 0.05) is 6.42 Å². The highest BCUT2D eigenvalue weighted by molar-refractivity contribution is 6.02. The Bertz CT molecular complexity index is 519. The van der Waals surface area contributed by atoms with E-state index in [1.165, 1.54) is 4.68 Å². The summed E-state index contributed by atoms with van der Waals surface area (Å²) in [6, 6.07) is 1.96. The average Bonchev–Trinajstić information content (AvgIpc) is 2.40. The smallest absolute Gasteiger partial charge is 0.166 e. The van der Waals surface area contributed by atoms with Gasteiger partial charge in [0.15, 0.2) is 5.78 Å². The van der Waals surface area contributed by atoms with Crippen LogP contribution in [0.2, 0.25) is 0 Å². The molecule has 1 aliphatic carbocycles. The topological polar surface area (TPSA) is 97.8 Å². The van der Waals surface area contributed by atoms with Crippen molar-refractivity contribution in [3.05, 3.63) is 16.8 Å².